The van der Waals surface area contributed by atoms with Crippen LogP contribution in [0.1, 0.15) is 19.8 Å². The lowest BCUT2D eigenvalue weighted by molar-refractivity contribution is 0.291. The van der Waals surface area contributed by atoms with Gasteiger partial charge in [-0.2, -0.15) is 4.31 Å². The molecule has 0 amide bonds. The number of likely N-dealkylation sites (N-methyl/N-ethyl adjacent to an activating group) is 1. The van der Waals surface area contributed by atoms with Gasteiger partial charge < -0.3 is 10.2 Å². The normalized spacial score (nSPS) is 20.1. The Morgan fingerprint density at radius 3 is 2.90 bits per heavy atom. The minimum atomic E-state index is -3.55. The summed E-state index contributed by atoms with van der Waals surface area (Å²) in [5, 5.41) is 3.22. The van der Waals surface area contributed by atoms with Gasteiger partial charge in [-0.25, -0.2) is 13.4 Å². The van der Waals surface area contributed by atoms with E-state index in [1.165, 1.54) is 6.20 Å². The molecular weight excluding hydrogens is 288 g/mol. The fourth-order valence-electron chi connectivity index (χ4n) is 2.76. The summed E-state index contributed by atoms with van der Waals surface area (Å²) in [6, 6.07) is 3.54. The van der Waals surface area contributed by atoms with E-state index >= 15 is 0 Å². The van der Waals surface area contributed by atoms with Gasteiger partial charge in [0.15, 0.2) is 5.03 Å². The summed E-state index contributed by atoms with van der Waals surface area (Å²) in [6.45, 7) is 3.91. The monoisotopic (exact) mass is 312 g/mol. The number of rotatable bonds is 6. The van der Waals surface area contributed by atoms with E-state index in [0.29, 0.717) is 18.8 Å². The lowest BCUT2D eigenvalue weighted by Gasteiger charge is -2.26. The molecule has 1 aromatic rings. The summed E-state index contributed by atoms with van der Waals surface area (Å²) < 4.78 is 27.5. The maximum atomic E-state index is 12.9. The number of nitrogens with one attached hydrogen (secondary N) is 1. The van der Waals surface area contributed by atoms with Gasteiger partial charge in [-0.05, 0) is 46.0 Å². The molecule has 1 aliphatic rings. The van der Waals surface area contributed by atoms with E-state index in [1.54, 1.807) is 16.4 Å². The highest BCUT2D eigenvalue weighted by Crippen LogP contribution is 2.28. The molecule has 1 unspecified atom stereocenters. The Morgan fingerprint density at radius 2 is 2.24 bits per heavy atom. The Balaban J connectivity index is 2.33. The zero-order chi connectivity index (χ0) is 15.5. The first-order valence-corrected chi connectivity index (χ1v) is 8.76. The second-order valence-electron chi connectivity index (χ2n) is 5.56. The molecule has 1 aromatic heterocycles. The van der Waals surface area contributed by atoms with Crippen LogP contribution in [0.2, 0.25) is 0 Å². The fraction of sp³-hybridized carbons (Fsp3) is 0.643. The van der Waals surface area contributed by atoms with Gasteiger partial charge >= 0.3 is 0 Å². The van der Waals surface area contributed by atoms with Gasteiger partial charge in [0.2, 0.25) is 0 Å². The Bertz CT molecular complexity index is 574. The van der Waals surface area contributed by atoms with Gasteiger partial charge in [0, 0.05) is 31.9 Å². The van der Waals surface area contributed by atoms with E-state index in [-0.39, 0.29) is 11.1 Å². The third-order valence-electron chi connectivity index (χ3n) is 3.59. The minimum Gasteiger partial charge on any atom is -0.383 e. The van der Waals surface area contributed by atoms with Crippen molar-refractivity contribution in [3.05, 3.63) is 18.3 Å². The molecule has 1 N–H and O–H groups in total. The van der Waals surface area contributed by atoms with E-state index in [9.17, 15) is 8.42 Å². The molecule has 7 heteroatoms. The van der Waals surface area contributed by atoms with Crippen LogP contribution in [0.5, 0.6) is 0 Å². The van der Waals surface area contributed by atoms with E-state index in [4.69, 9.17) is 0 Å². The average molecular weight is 312 g/mol. The largest absolute Gasteiger partial charge is 0.383 e. The number of nitrogens with zero attached hydrogens (tertiary/aromatic N) is 3. The highest BCUT2D eigenvalue weighted by atomic mass is 32.2. The molecule has 1 atom stereocenters. The molecule has 6 nitrogen and oxygen atoms in total. The van der Waals surface area contributed by atoms with E-state index in [0.717, 1.165) is 19.4 Å². The molecule has 1 saturated heterocycles. The number of aromatic nitrogens is 1. The van der Waals surface area contributed by atoms with E-state index in [1.807, 2.05) is 25.9 Å². The maximum Gasteiger partial charge on any atom is 0.262 e. The van der Waals surface area contributed by atoms with Gasteiger partial charge in [-0.3, -0.25) is 0 Å². The van der Waals surface area contributed by atoms with E-state index in [2.05, 4.69) is 10.3 Å². The van der Waals surface area contributed by atoms with Crippen molar-refractivity contribution in [3.63, 3.8) is 0 Å². The summed E-state index contributed by atoms with van der Waals surface area (Å²) >= 11 is 0. The van der Waals surface area contributed by atoms with Crippen molar-refractivity contribution in [1.82, 2.24) is 14.2 Å². The summed E-state index contributed by atoms with van der Waals surface area (Å²) in [4.78, 5) is 6.15. The molecule has 0 aliphatic carbocycles. The second kappa shape index (κ2) is 6.72. The van der Waals surface area contributed by atoms with Crippen LogP contribution in [-0.2, 0) is 10.0 Å². The van der Waals surface area contributed by atoms with Gasteiger partial charge in [0.05, 0.1) is 5.69 Å². The molecule has 0 saturated carbocycles. The molecule has 0 aromatic carbocycles. The lowest BCUT2D eigenvalue weighted by Crippen LogP contribution is -2.41. The fourth-order valence-corrected chi connectivity index (χ4v) is 4.53. The Labute approximate surface area is 127 Å². The van der Waals surface area contributed by atoms with Gasteiger partial charge in [0.1, 0.15) is 0 Å². The van der Waals surface area contributed by atoms with Crippen LogP contribution >= 0.6 is 0 Å². The van der Waals surface area contributed by atoms with Crippen molar-refractivity contribution in [1.29, 1.82) is 0 Å². The first-order chi connectivity index (χ1) is 9.96. The van der Waals surface area contributed by atoms with Crippen molar-refractivity contribution in [2.24, 2.45) is 0 Å². The highest BCUT2D eigenvalue weighted by Gasteiger charge is 2.37. The van der Waals surface area contributed by atoms with Crippen molar-refractivity contribution in [2.75, 3.05) is 39.0 Å². The van der Waals surface area contributed by atoms with Crippen LogP contribution in [0.4, 0.5) is 5.69 Å². The third-order valence-corrected chi connectivity index (χ3v) is 5.50. The Morgan fingerprint density at radius 1 is 1.48 bits per heavy atom. The minimum absolute atomic E-state index is 0.0292. The predicted molar refractivity (Wildman–Crippen MR) is 83.9 cm³/mol. The zero-order valence-electron chi connectivity index (χ0n) is 12.9. The van der Waals surface area contributed by atoms with Gasteiger partial charge in [-0.15, -0.1) is 0 Å². The van der Waals surface area contributed by atoms with Crippen LogP contribution in [0, 0.1) is 0 Å². The highest BCUT2D eigenvalue weighted by molar-refractivity contribution is 7.89. The topological polar surface area (TPSA) is 65.5 Å². The quantitative estimate of drug-likeness (QED) is 0.856. The summed E-state index contributed by atoms with van der Waals surface area (Å²) in [7, 11) is 0.379. The number of hydrogen-bond donors (Lipinski definition) is 1. The molecular formula is C14H24N4O2S. The smallest absolute Gasteiger partial charge is 0.262 e. The molecule has 2 rings (SSSR count). The average Bonchev–Trinajstić information content (AvgIpc) is 2.87. The van der Waals surface area contributed by atoms with E-state index < -0.39 is 10.0 Å². The van der Waals surface area contributed by atoms with Crippen LogP contribution < -0.4 is 5.32 Å². The van der Waals surface area contributed by atoms with Crippen LogP contribution in [-0.4, -0.2) is 62.4 Å². The number of hydrogen-bond acceptors (Lipinski definition) is 5. The van der Waals surface area contributed by atoms with Crippen molar-refractivity contribution in [3.8, 4) is 0 Å². The predicted octanol–water partition coefficient (Wildman–Crippen LogP) is 1.23. The van der Waals surface area contributed by atoms with Crippen molar-refractivity contribution >= 4 is 15.7 Å². The molecule has 0 bridgehead atoms. The Hall–Kier alpha value is -1.18. The first kappa shape index (κ1) is 16.2. The zero-order valence-corrected chi connectivity index (χ0v) is 13.7. The number of sulfonamides is 1. The molecule has 1 fully saturated rings. The van der Waals surface area contributed by atoms with Crippen molar-refractivity contribution in [2.45, 2.75) is 30.8 Å². The standard InChI is InChI=1S/C14H24N4O2S/c1-4-15-13-8-5-9-16-14(13)21(19,20)18-10-6-7-12(18)11-17(2)3/h5,8-9,12,15H,4,6-7,10-11H2,1-3H3. The second-order valence-corrected chi connectivity index (χ2v) is 7.37. The molecule has 0 radical (unpaired) electrons. The molecule has 0 spiro atoms. The van der Waals surface area contributed by atoms with Crippen molar-refractivity contribution < 1.29 is 8.42 Å². The van der Waals surface area contributed by atoms with Gasteiger partial charge in [-0.1, -0.05) is 0 Å². The Kier molecular flexibility index (Phi) is 5.18. The lowest BCUT2D eigenvalue weighted by atomic mass is 10.2. The first-order valence-electron chi connectivity index (χ1n) is 7.32. The summed E-state index contributed by atoms with van der Waals surface area (Å²) in [5.74, 6) is 0. The summed E-state index contributed by atoms with van der Waals surface area (Å²) in [6.07, 6.45) is 3.34. The molecule has 2 heterocycles. The van der Waals surface area contributed by atoms with Crippen LogP contribution in [0.15, 0.2) is 23.4 Å². The third kappa shape index (κ3) is 3.53. The SMILES string of the molecule is CCNc1cccnc1S(=O)(=O)N1CCCC1CN(C)C. The maximum absolute atomic E-state index is 12.9. The van der Waals surface area contributed by atoms with Crippen LogP contribution in [0.3, 0.4) is 0 Å². The summed E-state index contributed by atoms with van der Waals surface area (Å²) in [5.41, 5.74) is 0.579. The van der Waals surface area contributed by atoms with Crippen LogP contribution in [0.25, 0.3) is 0 Å². The number of pyridine rings is 1. The molecule has 21 heavy (non-hydrogen) atoms. The number of anilines is 1. The molecule has 118 valence electrons. The molecule has 1 aliphatic heterocycles. The van der Waals surface area contributed by atoms with Gasteiger partial charge in [0.25, 0.3) is 10.0 Å².